The van der Waals surface area contributed by atoms with E-state index in [0.717, 1.165) is 0 Å². The van der Waals surface area contributed by atoms with Gasteiger partial charge in [-0.15, -0.1) is 0 Å². The number of fused-ring (bicyclic) bond motifs is 1. The van der Waals surface area contributed by atoms with Crippen molar-refractivity contribution < 1.29 is 18.7 Å². The molecule has 1 amide bonds. The van der Waals surface area contributed by atoms with Crippen molar-refractivity contribution in [2.45, 2.75) is 30.8 Å². The minimum absolute atomic E-state index is 0.0728. The largest absolute Gasteiger partial charge is 0.383 e. The van der Waals surface area contributed by atoms with E-state index in [1.54, 1.807) is 6.07 Å². The molecule has 0 radical (unpaired) electrons. The van der Waals surface area contributed by atoms with Gasteiger partial charge in [0.05, 0.1) is 11.0 Å². The van der Waals surface area contributed by atoms with Gasteiger partial charge >= 0.3 is 5.92 Å². The number of anilines is 1. The second-order valence-corrected chi connectivity index (χ2v) is 5.17. The van der Waals surface area contributed by atoms with Gasteiger partial charge in [-0.25, -0.2) is 0 Å². The molecule has 1 aromatic heterocycles. The predicted octanol–water partition coefficient (Wildman–Crippen LogP) is 2.12. The average Bonchev–Trinajstić information content (AvgIpc) is 2.44. The minimum atomic E-state index is -3.82. The van der Waals surface area contributed by atoms with Crippen molar-refractivity contribution in [2.75, 3.05) is 5.32 Å². The van der Waals surface area contributed by atoms with Crippen LogP contribution in [0.4, 0.5) is 14.5 Å². The van der Waals surface area contributed by atoms with Crippen molar-refractivity contribution in [2.24, 2.45) is 0 Å². The molecule has 0 saturated heterocycles. The van der Waals surface area contributed by atoms with E-state index in [9.17, 15) is 18.7 Å². The number of nitrogens with one attached hydrogen (secondary N) is 1. The summed E-state index contributed by atoms with van der Waals surface area (Å²) in [6.07, 6.45) is 3.33. The number of carbonyl (C=O) groups excluding carboxylic acids is 1. The number of hydrogen-bond donors (Lipinski definition) is 2. The lowest BCUT2D eigenvalue weighted by molar-refractivity contribution is -0.212. The van der Waals surface area contributed by atoms with Gasteiger partial charge in [0.2, 0.25) is 0 Å². The van der Waals surface area contributed by atoms with E-state index in [-0.39, 0.29) is 18.5 Å². The van der Waals surface area contributed by atoms with Crippen LogP contribution in [0, 0.1) is 0 Å². The first kappa shape index (κ1) is 13.8. The summed E-state index contributed by atoms with van der Waals surface area (Å²) in [5.74, 6) is -5.32. The summed E-state index contributed by atoms with van der Waals surface area (Å²) in [6.45, 7) is 0. The van der Waals surface area contributed by atoms with Crippen LogP contribution in [-0.2, 0) is 4.79 Å². The monoisotopic (exact) mass is 293 g/mol. The van der Waals surface area contributed by atoms with Gasteiger partial charge < -0.3 is 10.4 Å². The number of halogens is 2. The van der Waals surface area contributed by atoms with Crippen molar-refractivity contribution in [1.82, 2.24) is 9.97 Å². The van der Waals surface area contributed by atoms with E-state index in [4.69, 9.17) is 0 Å². The van der Waals surface area contributed by atoms with Gasteiger partial charge in [-0.2, -0.15) is 8.78 Å². The van der Waals surface area contributed by atoms with Gasteiger partial charge in [-0.3, -0.25) is 14.8 Å². The van der Waals surface area contributed by atoms with Crippen LogP contribution in [0.3, 0.4) is 0 Å². The zero-order chi connectivity index (χ0) is 15.1. The number of benzene rings is 1. The summed E-state index contributed by atoms with van der Waals surface area (Å²) < 4.78 is 27.9. The number of carbonyl (C=O) groups is 1. The molecule has 110 valence electrons. The molecule has 1 saturated carbocycles. The summed E-state index contributed by atoms with van der Waals surface area (Å²) in [6, 6.07) is 4.51. The Bertz CT molecular complexity index is 701. The number of nitrogens with zero attached hydrogens (tertiary/aromatic N) is 2. The molecule has 0 bridgehead atoms. The summed E-state index contributed by atoms with van der Waals surface area (Å²) in [5, 5.41) is 11.9. The molecule has 21 heavy (non-hydrogen) atoms. The molecule has 3 rings (SSSR count). The van der Waals surface area contributed by atoms with Crippen LogP contribution < -0.4 is 5.32 Å². The zero-order valence-electron chi connectivity index (χ0n) is 11.0. The molecule has 1 aromatic carbocycles. The molecular formula is C14H13F2N3O2. The van der Waals surface area contributed by atoms with Gasteiger partial charge in [-0.1, -0.05) is 0 Å². The minimum Gasteiger partial charge on any atom is -0.383 e. The molecule has 1 heterocycles. The van der Waals surface area contributed by atoms with Crippen LogP contribution in [0.5, 0.6) is 0 Å². The predicted molar refractivity (Wildman–Crippen MR) is 71.9 cm³/mol. The number of rotatable bonds is 3. The molecule has 0 spiro atoms. The number of aliphatic hydroxyl groups is 1. The fourth-order valence-electron chi connectivity index (χ4n) is 2.29. The lowest BCUT2D eigenvalue weighted by Crippen LogP contribution is -2.59. The molecule has 7 heteroatoms. The Morgan fingerprint density at radius 2 is 1.90 bits per heavy atom. The lowest BCUT2D eigenvalue weighted by Gasteiger charge is -2.41. The highest BCUT2D eigenvalue weighted by atomic mass is 19.3. The molecule has 1 aliphatic rings. The summed E-state index contributed by atoms with van der Waals surface area (Å²) in [4.78, 5) is 19.8. The maximum atomic E-state index is 14.0. The zero-order valence-corrected chi connectivity index (χ0v) is 11.0. The van der Waals surface area contributed by atoms with Crippen molar-refractivity contribution in [3.05, 3.63) is 30.6 Å². The van der Waals surface area contributed by atoms with Crippen molar-refractivity contribution in [3.8, 4) is 0 Å². The Kier molecular flexibility index (Phi) is 3.09. The number of aromatic nitrogens is 2. The van der Waals surface area contributed by atoms with Crippen LogP contribution >= 0.6 is 0 Å². The second-order valence-electron chi connectivity index (χ2n) is 5.17. The highest BCUT2D eigenvalue weighted by Gasteiger charge is 2.61. The normalized spacial score (nSPS) is 17.3. The third-order valence-corrected chi connectivity index (χ3v) is 3.78. The van der Waals surface area contributed by atoms with E-state index in [0.29, 0.717) is 17.5 Å². The van der Waals surface area contributed by atoms with Gasteiger partial charge in [0.15, 0.2) is 0 Å². The Balaban J connectivity index is 1.82. The molecule has 2 aromatic rings. The maximum Gasteiger partial charge on any atom is 0.352 e. The Hall–Kier alpha value is -2.15. The first-order chi connectivity index (χ1) is 9.92. The smallest absolute Gasteiger partial charge is 0.352 e. The van der Waals surface area contributed by atoms with Crippen molar-refractivity contribution >= 4 is 22.6 Å². The quantitative estimate of drug-likeness (QED) is 0.909. The topological polar surface area (TPSA) is 75.1 Å². The highest BCUT2D eigenvalue weighted by Crippen LogP contribution is 2.44. The highest BCUT2D eigenvalue weighted by molar-refractivity contribution is 5.98. The van der Waals surface area contributed by atoms with E-state index in [1.165, 1.54) is 24.5 Å². The number of amides is 1. The molecular weight excluding hydrogens is 280 g/mol. The lowest BCUT2D eigenvalue weighted by atomic mass is 9.75. The second kappa shape index (κ2) is 4.70. The molecule has 1 aliphatic carbocycles. The summed E-state index contributed by atoms with van der Waals surface area (Å²) in [7, 11) is 0. The third kappa shape index (κ3) is 2.23. The standard InChI is InChI=1S/C14H13F2N3O2/c15-14(16,13(21)4-1-5-13)12(20)19-9-2-3-10-11(8-9)18-7-6-17-10/h2-3,6-8,21H,1,4-5H2,(H,19,20). The number of hydrogen-bond acceptors (Lipinski definition) is 4. The Morgan fingerprint density at radius 1 is 1.24 bits per heavy atom. The van der Waals surface area contributed by atoms with Crippen LogP contribution in [-0.4, -0.2) is 32.5 Å². The Labute approximate surface area is 119 Å². The maximum absolute atomic E-state index is 14.0. The van der Waals surface area contributed by atoms with Gasteiger partial charge in [0.1, 0.15) is 5.60 Å². The fourth-order valence-corrected chi connectivity index (χ4v) is 2.29. The third-order valence-electron chi connectivity index (χ3n) is 3.78. The molecule has 0 unspecified atom stereocenters. The Morgan fingerprint density at radius 3 is 2.52 bits per heavy atom. The van der Waals surface area contributed by atoms with E-state index < -0.39 is 17.4 Å². The first-order valence-corrected chi connectivity index (χ1v) is 6.55. The molecule has 0 atom stereocenters. The van der Waals surface area contributed by atoms with Crippen LogP contribution in [0.15, 0.2) is 30.6 Å². The SMILES string of the molecule is O=C(Nc1ccc2nccnc2c1)C(F)(F)C1(O)CCC1. The summed E-state index contributed by atoms with van der Waals surface area (Å²) >= 11 is 0. The molecule has 5 nitrogen and oxygen atoms in total. The first-order valence-electron chi connectivity index (χ1n) is 6.55. The fraction of sp³-hybridized carbons (Fsp3) is 0.357. The van der Waals surface area contributed by atoms with Crippen LogP contribution in [0.1, 0.15) is 19.3 Å². The van der Waals surface area contributed by atoms with E-state index >= 15 is 0 Å². The van der Waals surface area contributed by atoms with Gasteiger partial charge in [-0.05, 0) is 37.5 Å². The molecule has 2 N–H and O–H groups in total. The van der Waals surface area contributed by atoms with E-state index in [1.807, 2.05) is 0 Å². The van der Waals surface area contributed by atoms with Crippen LogP contribution in [0.25, 0.3) is 11.0 Å². The van der Waals surface area contributed by atoms with Crippen molar-refractivity contribution in [1.29, 1.82) is 0 Å². The number of alkyl halides is 2. The average molecular weight is 293 g/mol. The van der Waals surface area contributed by atoms with E-state index in [2.05, 4.69) is 15.3 Å². The van der Waals surface area contributed by atoms with Crippen molar-refractivity contribution in [3.63, 3.8) is 0 Å². The van der Waals surface area contributed by atoms with Gasteiger partial charge in [0, 0.05) is 18.1 Å². The molecule has 0 aliphatic heterocycles. The molecule has 1 fully saturated rings. The van der Waals surface area contributed by atoms with Gasteiger partial charge in [0.25, 0.3) is 5.91 Å². The summed E-state index contributed by atoms with van der Waals surface area (Å²) in [5.41, 5.74) is -0.954. The van der Waals surface area contributed by atoms with Crippen LogP contribution in [0.2, 0.25) is 0 Å².